The molecular weight excluding hydrogens is 265 g/mol. The maximum atomic E-state index is 13.6. The van der Waals surface area contributed by atoms with Crippen molar-refractivity contribution in [2.45, 2.75) is 64.0 Å². The van der Waals surface area contributed by atoms with E-state index < -0.39 is 0 Å². The molecule has 1 aromatic rings. The van der Waals surface area contributed by atoms with Crippen LogP contribution in [0.3, 0.4) is 0 Å². The first kappa shape index (κ1) is 14.8. The second-order valence-electron chi connectivity index (χ2n) is 6.65. The molecule has 1 saturated carbocycles. The van der Waals surface area contributed by atoms with Crippen molar-refractivity contribution in [1.29, 1.82) is 0 Å². The molecule has 116 valence electrons. The number of rotatable bonds is 3. The van der Waals surface area contributed by atoms with Crippen LogP contribution in [0, 0.1) is 11.7 Å². The van der Waals surface area contributed by atoms with Crippen molar-refractivity contribution in [3.8, 4) is 5.75 Å². The Kier molecular flexibility index (Phi) is 4.21. The van der Waals surface area contributed by atoms with Crippen LogP contribution in [0.15, 0.2) is 18.2 Å². The molecule has 1 aliphatic heterocycles. The zero-order valence-electron chi connectivity index (χ0n) is 13.1. The predicted octanol–water partition coefficient (Wildman–Crippen LogP) is 4.60. The number of hydrogen-bond donors (Lipinski definition) is 1. The van der Waals surface area contributed by atoms with Crippen LogP contribution in [0.4, 0.5) is 4.39 Å². The first-order valence-electron chi connectivity index (χ1n) is 8.37. The summed E-state index contributed by atoms with van der Waals surface area (Å²) >= 11 is 0. The van der Waals surface area contributed by atoms with Gasteiger partial charge in [-0.15, -0.1) is 0 Å². The quantitative estimate of drug-likeness (QED) is 0.879. The van der Waals surface area contributed by atoms with Gasteiger partial charge in [0.1, 0.15) is 17.2 Å². The maximum absolute atomic E-state index is 13.6. The van der Waals surface area contributed by atoms with Gasteiger partial charge in [0.15, 0.2) is 0 Å². The molecule has 1 N–H and O–H groups in total. The Morgan fingerprint density at radius 1 is 1.33 bits per heavy atom. The molecule has 21 heavy (non-hydrogen) atoms. The summed E-state index contributed by atoms with van der Waals surface area (Å²) in [7, 11) is 0. The molecule has 0 aromatic heterocycles. The standard InChI is InChI=1S/C18H26FNO/c1-3-13-6-5-9-18(11-13)12-16(20-4-2)15-10-14(19)7-8-17(15)21-18/h7-8,10,13,16,20H,3-6,9,11-12H2,1-2H3. The number of benzene rings is 1. The highest BCUT2D eigenvalue weighted by molar-refractivity contribution is 5.39. The predicted molar refractivity (Wildman–Crippen MR) is 83.0 cm³/mol. The molecule has 1 aliphatic carbocycles. The van der Waals surface area contributed by atoms with Gasteiger partial charge in [0.05, 0.1) is 0 Å². The largest absolute Gasteiger partial charge is 0.487 e. The van der Waals surface area contributed by atoms with Gasteiger partial charge in [-0.05, 0) is 49.9 Å². The average Bonchev–Trinajstić information content (AvgIpc) is 2.48. The van der Waals surface area contributed by atoms with E-state index in [-0.39, 0.29) is 17.5 Å². The van der Waals surface area contributed by atoms with E-state index >= 15 is 0 Å². The molecule has 3 heteroatoms. The highest BCUT2D eigenvalue weighted by Crippen LogP contribution is 2.48. The fraction of sp³-hybridized carbons (Fsp3) is 0.667. The van der Waals surface area contributed by atoms with Crippen LogP contribution in [-0.2, 0) is 0 Å². The van der Waals surface area contributed by atoms with Crippen molar-refractivity contribution in [2.24, 2.45) is 5.92 Å². The molecule has 1 fully saturated rings. The Morgan fingerprint density at radius 2 is 2.19 bits per heavy atom. The Labute approximate surface area is 127 Å². The molecule has 1 spiro atoms. The lowest BCUT2D eigenvalue weighted by molar-refractivity contribution is -0.0214. The average molecular weight is 291 g/mol. The number of ether oxygens (including phenoxy) is 1. The van der Waals surface area contributed by atoms with E-state index in [9.17, 15) is 4.39 Å². The van der Waals surface area contributed by atoms with Gasteiger partial charge in [0.2, 0.25) is 0 Å². The number of fused-ring (bicyclic) bond motifs is 1. The van der Waals surface area contributed by atoms with Crippen LogP contribution in [0.1, 0.15) is 64.0 Å². The molecule has 0 amide bonds. The van der Waals surface area contributed by atoms with E-state index in [1.807, 2.05) is 6.07 Å². The van der Waals surface area contributed by atoms with Crippen LogP contribution < -0.4 is 10.1 Å². The van der Waals surface area contributed by atoms with Crippen LogP contribution in [-0.4, -0.2) is 12.1 Å². The normalized spacial score (nSPS) is 31.8. The van der Waals surface area contributed by atoms with Gasteiger partial charge in [-0.3, -0.25) is 0 Å². The molecule has 2 nitrogen and oxygen atoms in total. The van der Waals surface area contributed by atoms with Crippen molar-refractivity contribution in [1.82, 2.24) is 5.32 Å². The van der Waals surface area contributed by atoms with Crippen molar-refractivity contribution in [3.05, 3.63) is 29.6 Å². The third-order valence-electron chi connectivity index (χ3n) is 5.18. The first-order chi connectivity index (χ1) is 10.2. The van der Waals surface area contributed by atoms with Crippen molar-refractivity contribution < 1.29 is 9.13 Å². The lowest BCUT2D eigenvalue weighted by Crippen LogP contribution is -2.47. The van der Waals surface area contributed by atoms with Crippen LogP contribution in [0.5, 0.6) is 5.75 Å². The minimum atomic E-state index is -0.175. The monoisotopic (exact) mass is 291 g/mol. The summed E-state index contributed by atoms with van der Waals surface area (Å²) < 4.78 is 20.0. The lowest BCUT2D eigenvalue weighted by atomic mass is 9.72. The van der Waals surface area contributed by atoms with Gasteiger partial charge in [-0.1, -0.05) is 26.7 Å². The second kappa shape index (κ2) is 5.96. The molecule has 3 unspecified atom stereocenters. The van der Waals surface area contributed by atoms with E-state index in [2.05, 4.69) is 19.2 Å². The van der Waals surface area contributed by atoms with Gasteiger partial charge < -0.3 is 10.1 Å². The van der Waals surface area contributed by atoms with Crippen LogP contribution in [0.25, 0.3) is 0 Å². The summed E-state index contributed by atoms with van der Waals surface area (Å²) in [4.78, 5) is 0. The third kappa shape index (κ3) is 2.94. The Balaban J connectivity index is 1.91. The van der Waals surface area contributed by atoms with E-state index in [0.717, 1.165) is 43.0 Å². The summed E-state index contributed by atoms with van der Waals surface area (Å²) in [5.74, 6) is 1.47. The minimum Gasteiger partial charge on any atom is -0.487 e. The highest BCUT2D eigenvalue weighted by Gasteiger charge is 2.43. The fourth-order valence-electron chi connectivity index (χ4n) is 4.14. The molecule has 0 bridgehead atoms. The highest BCUT2D eigenvalue weighted by atomic mass is 19.1. The van der Waals surface area contributed by atoms with E-state index in [1.165, 1.54) is 25.3 Å². The Hall–Kier alpha value is -1.09. The van der Waals surface area contributed by atoms with Crippen LogP contribution >= 0.6 is 0 Å². The van der Waals surface area contributed by atoms with Crippen molar-refractivity contribution >= 4 is 0 Å². The van der Waals surface area contributed by atoms with Gasteiger partial charge in [-0.25, -0.2) is 4.39 Å². The molecule has 0 radical (unpaired) electrons. The Bertz CT molecular complexity index is 504. The van der Waals surface area contributed by atoms with Gasteiger partial charge >= 0.3 is 0 Å². The summed E-state index contributed by atoms with van der Waals surface area (Å²) in [5, 5.41) is 3.53. The SMILES string of the molecule is CCNC1CC2(CCCC(CC)C2)Oc2ccc(F)cc21. The Morgan fingerprint density at radius 3 is 2.95 bits per heavy atom. The molecule has 3 rings (SSSR count). The molecule has 1 aromatic carbocycles. The minimum absolute atomic E-state index is 0.0450. The molecule has 0 saturated heterocycles. The zero-order chi connectivity index (χ0) is 14.9. The molecule has 1 heterocycles. The number of hydrogen-bond acceptors (Lipinski definition) is 2. The molecular formula is C18H26FNO. The smallest absolute Gasteiger partial charge is 0.125 e. The van der Waals surface area contributed by atoms with E-state index in [0.29, 0.717) is 0 Å². The van der Waals surface area contributed by atoms with E-state index in [1.54, 1.807) is 6.07 Å². The van der Waals surface area contributed by atoms with E-state index in [4.69, 9.17) is 4.74 Å². The molecule has 2 aliphatic rings. The maximum Gasteiger partial charge on any atom is 0.125 e. The number of halogens is 1. The summed E-state index contributed by atoms with van der Waals surface area (Å²) in [6, 6.07) is 5.17. The summed E-state index contributed by atoms with van der Waals surface area (Å²) in [6.45, 7) is 5.28. The zero-order valence-corrected chi connectivity index (χ0v) is 13.1. The van der Waals surface area contributed by atoms with Gasteiger partial charge in [0.25, 0.3) is 0 Å². The summed E-state index contributed by atoms with van der Waals surface area (Å²) in [5.41, 5.74) is 0.942. The topological polar surface area (TPSA) is 21.3 Å². The van der Waals surface area contributed by atoms with Crippen molar-refractivity contribution in [2.75, 3.05) is 6.54 Å². The first-order valence-corrected chi connectivity index (χ1v) is 8.37. The fourth-order valence-corrected chi connectivity index (χ4v) is 4.14. The third-order valence-corrected chi connectivity index (χ3v) is 5.18. The summed E-state index contributed by atoms with van der Waals surface area (Å²) in [6.07, 6.45) is 7.03. The number of nitrogens with one attached hydrogen (secondary N) is 1. The van der Waals surface area contributed by atoms with Crippen molar-refractivity contribution in [3.63, 3.8) is 0 Å². The molecule has 3 atom stereocenters. The van der Waals surface area contributed by atoms with Gasteiger partial charge in [-0.2, -0.15) is 0 Å². The van der Waals surface area contributed by atoms with Crippen LogP contribution in [0.2, 0.25) is 0 Å². The second-order valence-corrected chi connectivity index (χ2v) is 6.65. The lowest BCUT2D eigenvalue weighted by Gasteiger charge is -2.46. The van der Waals surface area contributed by atoms with Gasteiger partial charge in [0, 0.05) is 18.0 Å².